The second-order valence-electron chi connectivity index (χ2n) is 6.47. The van der Waals surface area contributed by atoms with E-state index in [2.05, 4.69) is 6.07 Å². The molecule has 31 heavy (non-hydrogen) atoms. The molecule has 0 heterocycles. The quantitative estimate of drug-likeness (QED) is 0.171. The van der Waals surface area contributed by atoms with Crippen molar-refractivity contribution in [2.45, 2.75) is 0 Å². The molecule has 5 nitrogen and oxygen atoms in total. The highest BCUT2D eigenvalue weighted by Crippen LogP contribution is 2.27. The summed E-state index contributed by atoms with van der Waals surface area (Å²) in [6.45, 7) is 0. The van der Waals surface area contributed by atoms with Crippen LogP contribution in [-0.4, -0.2) is 20.2 Å². The standard InChI is InChI=1S/C26H21NO4/c1-29-23-7-5-6-19(17-23)12-15-26(28)31-22-13-10-20(11-14-22)16-21(18-27)24-8-3-4-9-25(24)30-2/h3-17H,1-2H3/b15-12+,21-16-. The monoisotopic (exact) mass is 411 g/mol. The number of hydrogen-bond donors (Lipinski definition) is 0. The van der Waals surface area contributed by atoms with E-state index in [-0.39, 0.29) is 0 Å². The summed E-state index contributed by atoms with van der Waals surface area (Å²) < 4.78 is 15.8. The molecule has 0 spiro atoms. The first kappa shape index (κ1) is 21.4. The van der Waals surface area contributed by atoms with Crippen molar-refractivity contribution in [3.05, 3.63) is 95.6 Å². The Morgan fingerprint density at radius 3 is 2.35 bits per heavy atom. The first-order valence-corrected chi connectivity index (χ1v) is 9.52. The number of carbonyl (C=O) groups excluding carboxylic acids is 1. The summed E-state index contributed by atoms with van der Waals surface area (Å²) in [7, 11) is 3.16. The van der Waals surface area contributed by atoms with Gasteiger partial charge in [-0.2, -0.15) is 5.26 Å². The van der Waals surface area contributed by atoms with Crippen molar-refractivity contribution in [3.8, 4) is 23.3 Å². The Balaban J connectivity index is 1.69. The van der Waals surface area contributed by atoms with Crippen LogP contribution in [0, 0.1) is 11.3 Å². The number of rotatable bonds is 7. The minimum absolute atomic E-state index is 0.410. The highest BCUT2D eigenvalue weighted by atomic mass is 16.5. The molecule has 0 amide bonds. The third-order valence-corrected chi connectivity index (χ3v) is 4.43. The van der Waals surface area contributed by atoms with Crippen LogP contribution in [0.5, 0.6) is 17.2 Å². The Hall–Kier alpha value is -4.30. The molecule has 0 aliphatic carbocycles. The van der Waals surface area contributed by atoms with Crippen LogP contribution < -0.4 is 14.2 Å². The third-order valence-electron chi connectivity index (χ3n) is 4.43. The van der Waals surface area contributed by atoms with Gasteiger partial charge in [0.1, 0.15) is 17.2 Å². The molecular weight excluding hydrogens is 390 g/mol. The maximum absolute atomic E-state index is 12.1. The van der Waals surface area contributed by atoms with Gasteiger partial charge in [-0.15, -0.1) is 0 Å². The fraction of sp³-hybridized carbons (Fsp3) is 0.0769. The topological polar surface area (TPSA) is 68.5 Å². The number of nitriles is 1. The predicted molar refractivity (Wildman–Crippen MR) is 121 cm³/mol. The van der Waals surface area contributed by atoms with Crippen LogP contribution in [0.1, 0.15) is 16.7 Å². The van der Waals surface area contributed by atoms with Crippen LogP contribution in [-0.2, 0) is 4.79 Å². The van der Waals surface area contributed by atoms with Gasteiger partial charge in [-0.3, -0.25) is 0 Å². The second kappa shape index (κ2) is 10.5. The molecule has 0 N–H and O–H groups in total. The van der Waals surface area contributed by atoms with Crippen molar-refractivity contribution in [2.24, 2.45) is 0 Å². The molecule has 0 saturated carbocycles. The number of allylic oxidation sites excluding steroid dienone is 1. The molecule has 0 radical (unpaired) electrons. The molecule has 0 unspecified atom stereocenters. The summed E-state index contributed by atoms with van der Waals surface area (Å²) in [6, 6.07) is 23.8. The number of carbonyl (C=O) groups is 1. The van der Waals surface area contributed by atoms with Crippen LogP contribution in [0.2, 0.25) is 0 Å². The number of benzene rings is 3. The van der Waals surface area contributed by atoms with Gasteiger partial charge in [0.2, 0.25) is 0 Å². The van der Waals surface area contributed by atoms with Crippen LogP contribution in [0.4, 0.5) is 0 Å². The summed E-state index contributed by atoms with van der Waals surface area (Å²) in [5.41, 5.74) is 2.82. The van der Waals surface area contributed by atoms with Gasteiger partial charge >= 0.3 is 5.97 Å². The van der Waals surface area contributed by atoms with E-state index in [0.29, 0.717) is 28.4 Å². The van der Waals surface area contributed by atoms with Crippen molar-refractivity contribution in [2.75, 3.05) is 14.2 Å². The van der Waals surface area contributed by atoms with Crippen molar-refractivity contribution >= 4 is 23.7 Å². The van der Waals surface area contributed by atoms with Crippen LogP contribution in [0.3, 0.4) is 0 Å². The molecule has 0 saturated heterocycles. The van der Waals surface area contributed by atoms with E-state index in [0.717, 1.165) is 11.1 Å². The Morgan fingerprint density at radius 2 is 1.65 bits per heavy atom. The van der Waals surface area contributed by atoms with Gasteiger partial charge < -0.3 is 14.2 Å². The van der Waals surface area contributed by atoms with Gasteiger partial charge in [0, 0.05) is 11.6 Å². The molecule has 0 bridgehead atoms. The van der Waals surface area contributed by atoms with Gasteiger partial charge in [-0.05, 0) is 59.7 Å². The number of nitrogens with zero attached hydrogens (tertiary/aromatic N) is 1. The average molecular weight is 411 g/mol. The van der Waals surface area contributed by atoms with E-state index in [1.165, 1.54) is 6.08 Å². The van der Waals surface area contributed by atoms with Crippen LogP contribution in [0.25, 0.3) is 17.7 Å². The van der Waals surface area contributed by atoms with Gasteiger partial charge in [0.15, 0.2) is 0 Å². The number of methoxy groups -OCH3 is 2. The summed E-state index contributed by atoms with van der Waals surface area (Å²) in [5, 5.41) is 9.56. The van der Waals surface area contributed by atoms with Crippen molar-refractivity contribution in [1.29, 1.82) is 5.26 Å². The SMILES string of the molecule is COc1cccc(/C=C/C(=O)Oc2ccc(/C=C(/C#N)c3ccccc3OC)cc2)c1. The highest BCUT2D eigenvalue weighted by Gasteiger charge is 2.08. The fourth-order valence-electron chi connectivity index (χ4n) is 2.90. The Bertz CT molecular complexity index is 1150. The number of ether oxygens (including phenoxy) is 3. The zero-order valence-corrected chi connectivity index (χ0v) is 17.2. The molecule has 154 valence electrons. The first-order valence-electron chi connectivity index (χ1n) is 9.52. The molecule has 0 aliphatic heterocycles. The predicted octanol–water partition coefficient (Wildman–Crippen LogP) is 5.39. The van der Waals surface area contributed by atoms with E-state index in [1.807, 2.05) is 48.5 Å². The maximum atomic E-state index is 12.1. The fourth-order valence-corrected chi connectivity index (χ4v) is 2.90. The van der Waals surface area contributed by atoms with E-state index in [9.17, 15) is 10.1 Å². The molecule has 3 rings (SSSR count). The lowest BCUT2D eigenvalue weighted by molar-refractivity contribution is -0.128. The molecule has 0 aliphatic rings. The zero-order valence-electron chi connectivity index (χ0n) is 17.2. The Morgan fingerprint density at radius 1 is 0.871 bits per heavy atom. The lowest BCUT2D eigenvalue weighted by Gasteiger charge is -2.07. The highest BCUT2D eigenvalue weighted by molar-refractivity contribution is 5.92. The number of hydrogen-bond acceptors (Lipinski definition) is 5. The Labute approximate surface area is 181 Å². The lowest BCUT2D eigenvalue weighted by Crippen LogP contribution is -2.03. The van der Waals surface area contributed by atoms with E-state index in [1.54, 1.807) is 50.6 Å². The molecule has 0 atom stereocenters. The Kier molecular flexibility index (Phi) is 7.23. The average Bonchev–Trinajstić information content (AvgIpc) is 2.82. The largest absolute Gasteiger partial charge is 0.497 e. The summed E-state index contributed by atoms with van der Waals surface area (Å²) in [6.07, 6.45) is 4.78. The van der Waals surface area contributed by atoms with E-state index < -0.39 is 5.97 Å². The molecule has 0 aromatic heterocycles. The molecule has 5 heteroatoms. The molecule has 0 fully saturated rings. The third kappa shape index (κ3) is 5.84. The maximum Gasteiger partial charge on any atom is 0.336 e. The molecular formula is C26H21NO4. The zero-order chi connectivity index (χ0) is 22.1. The van der Waals surface area contributed by atoms with Gasteiger partial charge in [-0.1, -0.05) is 36.4 Å². The van der Waals surface area contributed by atoms with Crippen molar-refractivity contribution in [3.63, 3.8) is 0 Å². The van der Waals surface area contributed by atoms with Crippen LogP contribution in [0.15, 0.2) is 78.9 Å². The van der Waals surface area contributed by atoms with E-state index >= 15 is 0 Å². The normalized spacial score (nSPS) is 11.1. The van der Waals surface area contributed by atoms with Gasteiger partial charge in [-0.25, -0.2) is 4.79 Å². The number of para-hydroxylation sites is 1. The van der Waals surface area contributed by atoms with Crippen molar-refractivity contribution < 1.29 is 19.0 Å². The summed E-state index contributed by atoms with van der Waals surface area (Å²) >= 11 is 0. The second-order valence-corrected chi connectivity index (χ2v) is 6.47. The molecule has 3 aromatic carbocycles. The van der Waals surface area contributed by atoms with Crippen molar-refractivity contribution in [1.82, 2.24) is 0 Å². The number of esters is 1. The van der Waals surface area contributed by atoms with Crippen LogP contribution >= 0.6 is 0 Å². The summed E-state index contributed by atoms with van der Waals surface area (Å²) in [5.74, 6) is 1.26. The van der Waals surface area contributed by atoms with E-state index in [4.69, 9.17) is 14.2 Å². The minimum Gasteiger partial charge on any atom is -0.497 e. The molecule has 3 aromatic rings. The van der Waals surface area contributed by atoms with Gasteiger partial charge in [0.05, 0.1) is 25.9 Å². The van der Waals surface area contributed by atoms with Gasteiger partial charge in [0.25, 0.3) is 0 Å². The minimum atomic E-state index is -0.488. The lowest BCUT2D eigenvalue weighted by atomic mass is 10.0. The summed E-state index contributed by atoms with van der Waals surface area (Å²) in [4.78, 5) is 12.1. The first-order chi connectivity index (χ1) is 15.1. The smallest absolute Gasteiger partial charge is 0.336 e.